The highest BCUT2D eigenvalue weighted by atomic mass is 16.1. The molecule has 7 heteroatoms. The second-order valence-electron chi connectivity index (χ2n) is 6.14. The van der Waals surface area contributed by atoms with Crippen LogP contribution in [0.5, 0.6) is 0 Å². The third-order valence-electron chi connectivity index (χ3n) is 4.47. The Morgan fingerprint density at radius 3 is 2.67 bits per heavy atom. The third-order valence-corrected chi connectivity index (χ3v) is 4.47. The van der Waals surface area contributed by atoms with Crippen LogP contribution in [0, 0.1) is 6.92 Å². The topological polar surface area (TPSA) is 85.6 Å². The van der Waals surface area contributed by atoms with Crippen molar-refractivity contribution in [3.63, 3.8) is 0 Å². The fraction of sp³-hybridized carbons (Fsp3) is 0.353. The lowest BCUT2D eigenvalue weighted by atomic mass is 10.2. The average Bonchev–Trinajstić information content (AvgIpc) is 3.10. The first-order valence-electron chi connectivity index (χ1n) is 8.16. The SMILES string of the molecule is Cc1cc(=O)n(C2CCCC2)c2nc(Nc3ccncc3)nnc12. The lowest BCUT2D eigenvalue weighted by Gasteiger charge is -2.16. The largest absolute Gasteiger partial charge is 0.323 e. The zero-order chi connectivity index (χ0) is 16.5. The first-order valence-corrected chi connectivity index (χ1v) is 8.16. The van der Waals surface area contributed by atoms with Gasteiger partial charge in [0.15, 0.2) is 5.65 Å². The molecular weight excluding hydrogens is 304 g/mol. The van der Waals surface area contributed by atoms with Crippen LogP contribution in [0.3, 0.4) is 0 Å². The van der Waals surface area contributed by atoms with Crippen molar-refractivity contribution >= 4 is 22.8 Å². The molecule has 4 rings (SSSR count). The maximum atomic E-state index is 12.6. The van der Waals surface area contributed by atoms with Gasteiger partial charge in [0, 0.05) is 30.2 Å². The van der Waals surface area contributed by atoms with Gasteiger partial charge in [0.25, 0.3) is 5.56 Å². The number of rotatable bonds is 3. The molecule has 7 nitrogen and oxygen atoms in total. The minimum atomic E-state index is -0.0118. The van der Waals surface area contributed by atoms with Crippen LogP contribution in [0.25, 0.3) is 11.2 Å². The van der Waals surface area contributed by atoms with Gasteiger partial charge in [0.1, 0.15) is 5.52 Å². The van der Waals surface area contributed by atoms with Gasteiger partial charge in [-0.15, -0.1) is 10.2 Å². The molecule has 1 aliphatic carbocycles. The fourth-order valence-electron chi connectivity index (χ4n) is 3.30. The van der Waals surface area contributed by atoms with Gasteiger partial charge in [-0.2, -0.15) is 4.98 Å². The van der Waals surface area contributed by atoms with Crippen molar-refractivity contribution in [2.24, 2.45) is 0 Å². The second-order valence-corrected chi connectivity index (χ2v) is 6.14. The van der Waals surface area contributed by atoms with E-state index in [0.29, 0.717) is 17.1 Å². The first kappa shape index (κ1) is 14.7. The van der Waals surface area contributed by atoms with Gasteiger partial charge in [0.05, 0.1) is 0 Å². The summed E-state index contributed by atoms with van der Waals surface area (Å²) in [6, 6.07) is 5.49. The number of aryl methyl sites for hydroxylation is 1. The molecule has 0 radical (unpaired) electrons. The maximum absolute atomic E-state index is 12.6. The molecule has 0 unspecified atom stereocenters. The molecule has 0 aliphatic heterocycles. The van der Waals surface area contributed by atoms with Crippen molar-refractivity contribution in [2.75, 3.05) is 5.32 Å². The quantitative estimate of drug-likeness (QED) is 0.798. The number of aromatic nitrogens is 5. The van der Waals surface area contributed by atoms with Gasteiger partial charge in [-0.1, -0.05) is 12.8 Å². The van der Waals surface area contributed by atoms with Crippen LogP contribution >= 0.6 is 0 Å². The molecular formula is C17H18N6O. The smallest absolute Gasteiger partial charge is 0.252 e. The average molecular weight is 322 g/mol. The van der Waals surface area contributed by atoms with Crippen LogP contribution in [0.4, 0.5) is 11.6 Å². The molecule has 0 atom stereocenters. The lowest BCUT2D eigenvalue weighted by molar-refractivity contribution is 0.515. The summed E-state index contributed by atoms with van der Waals surface area (Å²) in [7, 11) is 0. The monoisotopic (exact) mass is 322 g/mol. The van der Waals surface area contributed by atoms with Crippen molar-refractivity contribution in [3.8, 4) is 0 Å². The van der Waals surface area contributed by atoms with E-state index in [1.165, 1.54) is 0 Å². The van der Waals surface area contributed by atoms with Gasteiger partial charge < -0.3 is 5.32 Å². The maximum Gasteiger partial charge on any atom is 0.252 e. The van der Waals surface area contributed by atoms with Crippen molar-refractivity contribution in [1.82, 2.24) is 24.7 Å². The van der Waals surface area contributed by atoms with Crippen molar-refractivity contribution in [2.45, 2.75) is 38.6 Å². The molecule has 1 saturated carbocycles. The molecule has 3 aromatic rings. The predicted octanol–water partition coefficient (Wildman–Crippen LogP) is 2.75. The standard InChI is InChI=1S/C17H18N6O/c1-11-10-14(24)23(13-4-2-3-5-13)16-15(11)21-22-17(20-16)19-12-6-8-18-9-7-12/h6-10,13H,2-5H2,1H3,(H,18,19,20,22). The van der Waals surface area contributed by atoms with Crippen molar-refractivity contribution in [3.05, 3.63) is 46.5 Å². The van der Waals surface area contributed by atoms with Gasteiger partial charge in [0.2, 0.25) is 5.95 Å². The first-order chi connectivity index (χ1) is 11.7. The Balaban J connectivity index is 1.84. The molecule has 24 heavy (non-hydrogen) atoms. The Kier molecular flexibility index (Phi) is 3.68. The minimum absolute atomic E-state index is 0.0118. The highest BCUT2D eigenvalue weighted by molar-refractivity contribution is 5.75. The van der Waals surface area contributed by atoms with E-state index < -0.39 is 0 Å². The van der Waals surface area contributed by atoms with Crippen LogP contribution in [0.1, 0.15) is 37.3 Å². The van der Waals surface area contributed by atoms with E-state index in [-0.39, 0.29) is 11.6 Å². The summed E-state index contributed by atoms with van der Waals surface area (Å²) < 4.78 is 1.79. The summed E-state index contributed by atoms with van der Waals surface area (Å²) in [6.45, 7) is 1.87. The molecule has 0 bridgehead atoms. The summed E-state index contributed by atoms with van der Waals surface area (Å²) >= 11 is 0. The molecule has 1 N–H and O–H groups in total. The van der Waals surface area contributed by atoms with Crippen LogP contribution in [0.2, 0.25) is 0 Å². The van der Waals surface area contributed by atoms with Crippen LogP contribution in [-0.2, 0) is 0 Å². The van der Waals surface area contributed by atoms with Crippen molar-refractivity contribution in [1.29, 1.82) is 0 Å². The number of nitrogens with one attached hydrogen (secondary N) is 1. The number of pyridine rings is 2. The molecule has 0 aromatic carbocycles. The highest BCUT2D eigenvalue weighted by Crippen LogP contribution is 2.30. The normalized spacial score (nSPS) is 15.0. The van der Waals surface area contributed by atoms with Crippen LogP contribution in [-0.4, -0.2) is 24.7 Å². The lowest BCUT2D eigenvalue weighted by Crippen LogP contribution is -2.25. The summed E-state index contributed by atoms with van der Waals surface area (Å²) in [5, 5.41) is 11.6. The van der Waals surface area contributed by atoms with Gasteiger partial charge in [-0.3, -0.25) is 14.3 Å². The third kappa shape index (κ3) is 2.62. The van der Waals surface area contributed by atoms with Crippen molar-refractivity contribution < 1.29 is 0 Å². The number of hydrogen-bond acceptors (Lipinski definition) is 6. The molecule has 0 saturated heterocycles. The van der Waals surface area contributed by atoms with Crippen LogP contribution < -0.4 is 10.9 Å². The Labute approximate surface area is 138 Å². The molecule has 3 aromatic heterocycles. The number of hydrogen-bond donors (Lipinski definition) is 1. The summed E-state index contributed by atoms with van der Waals surface area (Å²) in [5.74, 6) is 0.380. The van der Waals surface area contributed by atoms with E-state index in [4.69, 9.17) is 0 Å². The van der Waals surface area contributed by atoms with E-state index in [2.05, 4.69) is 25.5 Å². The molecule has 0 spiro atoms. The Morgan fingerprint density at radius 1 is 1.17 bits per heavy atom. The highest BCUT2D eigenvalue weighted by Gasteiger charge is 2.22. The zero-order valence-corrected chi connectivity index (χ0v) is 13.4. The summed E-state index contributed by atoms with van der Waals surface area (Å²) in [6.07, 6.45) is 7.69. The summed E-state index contributed by atoms with van der Waals surface area (Å²) in [5.41, 5.74) is 2.91. The molecule has 122 valence electrons. The predicted molar refractivity (Wildman–Crippen MR) is 91.4 cm³/mol. The molecule has 1 fully saturated rings. The molecule has 0 amide bonds. The number of anilines is 2. The Morgan fingerprint density at radius 2 is 1.92 bits per heavy atom. The van der Waals surface area contributed by atoms with Gasteiger partial charge >= 0.3 is 0 Å². The van der Waals surface area contributed by atoms with Gasteiger partial charge in [-0.05, 0) is 37.5 Å². The van der Waals surface area contributed by atoms with Gasteiger partial charge in [-0.25, -0.2) is 0 Å². The van der Waals surface area contributed by atoms with E-state index in [0.717, 1.165) is 36.9 Å². The second kappa shape index (κ2) is 5.99. The van der Waals surface area contributed by atoms with E-state index in [9.17, 15) is 4.79 Å². The summed E-state index contributed by atoms with van der Waals surface area (Å²) in [4.78, 5) is 21.1. The number of fused-ring (bicyclic) bond motifs is 1. The zero-order valence-electron chi connectivity index (χ0n) is 13.4. The van der Waals surface area contributed by atoms with E-state index >= 15 is 0 Å². The minimum Gasteiger partial charge on any atom is -0.323 e. The molecule has 3 heterocycles. The number of nitrogens with zero attached hydrogens (tertiary/aromatic N) is 5. The van der Waals surface area contributed by atoms with E-state index in [1.807, 2.05) is 19.1 Å². The molecule has 1 aliphatic rings. The Hall–Kier alpha value is -2.83. The fourth-order valence-corrected chi connectivity index (χ4v) is 3.30. The Bertz CT molecular complexity index is 931. The van der Waals surface area contributed by atoms with E-state index in [1.54, 1.807) is 23.0 Å². The van der Waals surface area contributed by atoms with Crippen LogP contribution in [0.15, 0.2) is 35.4 Å².